The molecule has 190 valence electrons. The van der Waals surface area contributed by atoms with Crippen molar-refractivity contribution in [3.8, 4) is 22.9 Å². The minimum Gasteiger partial charge on any atom is -0.494 e. The zero-order chi connectivity index (χ0) is 24.3. The summed E-state index contributed by atoms with van der Waals surface area (Å²) in [6.07, 6.45) is 18.2. The highest BCUT2D eigenvalue weighted by molar-refractivity contribution is 5.62. The van der Waals surface area contributed by atoms with Crippen LogP contribution in [0.15, 0.2) is 36.7 Å². The van der Waals surface area contributed by atoms with Crippen molar-refractivity contribution >= 4 is 0 Å². The Kier molecular flexibility index (Phi) is 15.0. The van der Waals surface area contributed by atoms with E-state index in [2.05, 4.69) is 23.8 Å². The van der Waals surface area contributed by atoms with E-state index in [1.165, 1.54) is 44.9 Å². The summed E-state index contributed by atoms with van der Waals surface area (Å²) in [5.41, 5.74) is 1.99. The first-order valence-electron chi connectivity index (χ1n) is 13.5. The van der Waals surface area contributed by atoms with Crippen molar-refractivity contribution in [2.75, 3.05) is 13.2 Å². The van der Waals surface area contributed by atoms with E-state index in [1.807, 2.05) is 24.3 Å². The van der Waals surface area contributed by atoms with Gasteiger partial charge in [-0.3, -0.25) is 0 Å². The van der Waals surface area contributed by atoms with Crippen molar-refractivity contribution in [3.05, 3.63) is 36.7 Å². The molecule has 4 nitrogen and oxygen atoms in total. The molecule has 0 bridgehead atoms. The van der Waals surface area contributed by atoms with Crippen molar-refractivity contribution in [3.63, 3.8) is 0 Å². The molecule has 1 aromatic carbocycles. The molecule has 0 aliphatic carbocycles. The number of hydrogen-bond acceptors (Lipinski definition) is 4. The van der Waals surface area contributed by atoms with Gasteiger partial charge < -0.3 is 9.47 Å². The van der Waals surface area contributed by atoms with Crippen molar-refractivity contribution in [2.24, 2.45) is 0 Å². The van der Waals surface area contributed by atoms with Gasteiger partial charge in [0.25, 0.3) is 0 Å². The second-order valence-electron chi connectivity index (χ2n) is 9.19. The second kappa shape index (κ2) is 18.2. The molecule has 0 saturated heterocycles. The summed E-state index contributed by atoms with van der Waals surface area (Å²) >= 11 is 0. The molecule has 0 fully saturated rings. The van der Waals surface area contributed by atoms with E-state index in [0.717, 1.165) is 55.6 Å². The third kappa shape index (κ3) is 12.3. The van der Waals surface area contributed by atoms with Crippen LogP contribution >= 0.6 is 0 Å². The molecule has 0 unspecified atom stereocenters. The van der Waals surface area contributed by atoms with Crippen LogP contribution in [0.4, 0.5) is 4.39 Å². The van der Waals surface area contributed by atoms with Gasteiger partial charge in [-0.15, -0.1) is 0 Å². The molecule has 2 aromatic rings. The maximum absolute atomic E-state index is 13.6. The van der Waals surface area contributed by atoms with Gasteiger partial charge in [-0.05, 0) is 49.8 Å². The van der Waals surface area contributed by atoms with Gasteiger partial charge >= 0.3 is 6.01 Å². The Morgan fingerprint density at radius 3 is 1.88 bits per heavy atom. The van der Waals surface area contributed by atoms with E-state index in [1.54, 1.807) is 12.4 Å². The first kappa shape index (κ1) is 28.1. The number of halogens is 1. The summed E-state index contributed by atoms with van der Waals surface area (Å²) in [4.78, 5) is 8.63. The van der Waals surface area contributed by atoms with E-state index < -0.39 is 6.17 Å². The highest BCUT2D eigenvalue weighted by Gasteiger charge is 2.06. The minimum atomic E-state index is -0.683. The predicted octanol–water partition coefficient (Wildman–Crippen LogP) is 8.74. The van der Waals surface area contributed by atoms with Crippen molar-refractivity contribution in [1.82, 2.24) is 9.97 Å². The number of alkyl halides is 1. The fraction of sp³-hybridized carbons (Fsp3) is 0.655. The van der Waals surface area contributed by atoms with Gasteiger partial charge in [-0.25, -0.2) is 14.4 Å². The number of benzene rings is 1. The molecule has 0 radical (unpaired) electrons. The van der Waals surface area contributed by atoms with Crippen LogP contribution in [-0.4, -0.2) is 29.4 Å². The summed E-state index contributed by atoms with van der Waals surface area (Å²) in [5.74, 6) is 0.901. The molecule has 1 atom stereocenters. The molecule has 0 aliphatic rings. The first-order valence-corrected chi connectivity index (χ1v) is 13.5. The van der Waals surface area contributed by atoms with Gasteiger partial charge in [0, 0.05) is 18.0 Å². The van der Waals surface area contributed by atoms with Crippen LogP contribution in [0.25, 0.3) is 11.1 Å². The average Bonchev–Trinajstić information content (AvgIpc) is 2.87. The lowest BCUT2D eigenvalue weighted by molar-refractivity contribution is 0.253. The lowest BCUT2D eigenvalue weighted by Gasteiger charge is -2.09. The zero-order valence-electron chi connectivity index (χ0n) is 21.4. The molecular formula is C29H45FN2O2. The molecule has 0 amide bonds. The number of rotatable bonds is 20. The van der Waals surface area contributed by atoms with E-state index >= 15 is 0 Å². The lowest BCUT2D eigenvalue weighted by Crippen LogP contribution is -2.04. The largest absolute Gasteiger partial charge is 0.494 e. The number of aromatic nitrogens is 2. The van der Waals surface area contributed by atoms with Crippen LogP contribution in [0.2, 0.25) is 0 Å². The van der Waals surface area contributed by atoms with Crippen LogP contribution < -0.4 is 9.47 Å². The van der Waals surface area contributed by atoms with E-state index in [4.69, 9.17) is 9.47 Å². The normalized spacial score (nSPS) is 12.0. The Labute approximate surface area is 206 Å². The highest BCUT2D eigenvalue weighted by atomic mass is 19.1. The monoisotopic (exact) mass is 472 g/mol. The smallest absolute Gasteiger partial charge is 0.316 e. The number of nitrogens with zero attached hydrogens (tertiary/aromatic N) is 2. The summed E-state index contributed by atoms with van der Waals surface area (Å²) in [5, 5.41) is 0. The highest BCUT2D eigenvalue weighted by Crippen LogP contribution is 2.22. The second-order valence-corrected chi connectivity index (χ2v) is 9.19. The van der Waals surface area contributed by atoms with E-state index in [9.17, 15) is 4.39 Å². The van der Waals surface area contributed by atoms with Crippen LogP contribution in [0, 0.1) is 0 Å². The van der Waals surface area contributed by atoms with Crippen molar-refractivity contribution in [1.29, 1.82) is 0 Å². The molecule has 1 aromatic heterocycles. The first-order chi connectivity index (χ1) is 16.7. The third-order valence-electron chi connectivity index (χ3n) is 6.10. The van der Waals surface area contributed by atoms with Gasteiger partial charge in [0.05, 0.1) is 13.2 Å². The molecule has 5 heteroatoms. The molecule has 0 aliphatic heterocycles. The number of ether oxygens (including phenoxy) is 2. The fourth-order valence-electron chi connectivity index (χ4n) is 3.91. The molecule has 2 rings (SSSR count). The van der Waals surface area contributed by atoms with Gasteiger partial charge in [0.1, 0.15) is 11.9 Å². The third-order valence-corrected chi connectivity index (χ3v) is 6.10. The van der Waals surface area contributed by atoms with E-state index in [-0.39, 0.29) is 0 Å². The standard InChI is InChI=1S/C29H45FN2O2/c1-3-5-7-8-9-10-11-13-21-33-28-19-17-25(18-20-28)26-23-31-29(32-24-26)34-22-14-12-16-27(30)15-6-4-2/h17-20,23-24,27H,3-16,21-22H2,1-2H3/t27-/m1/s1. The Hall–Kier alpha value is -2.17. The Bertz CT molecular complexity index is 737. The molecular weight excluding hydrogens is 427 g/mol. The summed E-state index contributed by atoms with van der Waals surface area (Å²) < 4.78 is 25.1. The minimum absolute atomic E-state index is 0.372. The fourth-order valence-corrected chi connectivity index (χ4v) is 3.91. The van der Waals surface area contributed by atoms with Crippen molar-refractivity contribution < 1.29 is 13.9 Å². The zero-order valence-corrected chi connectivity index (χ0v) is 21.4. The Morgan fingerprint density at radius 1 is 0.647 bits per heavy atom. The van der Waals surface area contributed by atoms with E-state index in [0.29, 0.717) is 25.5 Å². The summed E-state index contributed by atoms with van der Waals surface area (Å²) in [7, 11) is 0. The molecule has 34 heavy (non-hydrogen) atoms. The SMILES string of the molecule is CCCCCCCCCCOc1ccc(-c2cnc(OCCCC[C@H](F)CCCC)nc2)cc1. The maximum atomic E-state index is 13.6. The predicted molar refractivity (Wildman–Crippen MR) is 139 cm³/mol. The molecule has 0 N–H and O–H groups in total. The van der Waals surface area contributed by atoms with Gasteiger partial charge in [0.15, 0.2) is 0 Å². The van der Waals surface area contributed by atoms with Gasteiger partial charge in [-0.1, -0.05) is 83.8 Å². The molecule has 1 heterocycles. The Balaban J connectivity index is 1.60. The quantitative estimate of drug-likeness (QED) is 0.181. The average molecular weight is 473 g/mol. The summed E-state index contributed by atoms with van der Waals surface area (Å²) in [6.45, 7) is 5.64. The summed E-state index contributed by atoms with van der Waals surface area (Å²) in [6, 6.07) is 8.45. The molecule has 0 saturated carbocycles. The molecule has 0 spiro atoms. The van der Waals surface area contributed by atoms with Crippen LogP contribution in [0.1, 0.15) is 104 Å². The van der Waals surface area contributed by atoms with Gasteiger partial charge in [0.2, 0.25) is 0 Å². The number of unbranched alkanes of at least 4 members (excludes halogenated alkanes) is 9. The van der Waals surface area contributed by atoms with Crippen LogP contribution in [0.5, 0.6) is 11.8 Å². The Morgan fingerprint density at radius 2 is 1.21 bits per heavy atom. The maximum Gasteiger partial charge on any atom is 0.316 e. The van der Waals surface area contributed by atoms with Gasteiger partial charge in [-0.2, -0.15) is 0 Å². The van der Waals surface area contributed by atoms with Crippen molar-refractivity contribution in [2.45, 2.75) is 110 Å². The number of hydrogen-bond donors (Lipinski definition) is 0. The van der Waals surface area contributed by atoms with Crippen LogP contribution in [0.3, 0.4) is 0 Å². The topological polar surface area (TPSA) is 44.2 Å². The lowest BCUT2D eigenvalue weighted by atomic mass is 10.1. The van der Waals surface area contributed by atoms with Crippen LogP contribution in [-0.2, 0) is 0 Å².